The van der Waals surface area contributed by atoms with E-state index in [0.29, 0.717) is 0 Å². The zero-order valence-corrected chi connectivity index (χ0v) is 8.28. The van der Waals surface area contributed by atoms with Crippen molar-refractivity contribution < 1.29 is 5.11 Å². The van der Waals surface area contributed by atoms with Gasteiger partial charge in [-0.25, -0.2) is 0 Å². The van der Waals surface area contributed by atoms with Crippen molar-refractivity contribution in [2.75, 3.05) is 33.2 Å². The van der Waals surface area contributed by atoms with Crippen molar-refractivity contribution >= 4 is 22.6 Å². The van der Waals surface area contributed by atoms with Crippen LogP contribution in [-0.2, 0) is 0 Å². The number of alkyl halides is 1. The molecule has 0 aromatic heterocycles. The number of hydrogen-bond donors (Lipinski definition) is 1. The minimum atomic E-state index is -0.300. The maximum Gasteiger partial charge on any atom is 0.160 e. The van der Waals surface area contributed by atoms with Crippen LogP contribution in [0, 0.1) is 0 Å². The Balaban J connectivity index is 2.26. The lowest BCUT2D eigenvalue weighted by Crippen LogP contribution is -2.47. The molecule has 1 saturated heterocycles. The van der Waals surface area contributed by atoms with Gasteiger partial charge in [0.15, 0.2) is 4.23 Å². The number of hydrogen-bond acceptors (Lipinski definition) is 3. The second kappa shape index (κ2) is 3.85. The maximum atomic E-state index is 9.16. The van der Waals surface area contributed by atoms with E-state index in [1.165, 1.54) is 0 Å². The third kappa shape index (κ3) is 2.34. The molecule has 3 nitrogen and oxygen atoms in total. The predicted octanol–water partition coefficient (Wildman–Crippen LogP) is -0.0553. The van der Waals surface area contributed by atoms with E-state index < -0.39 is 0 Å². The Bertz CT molecular complexity index is 102. The number of halogens is 1. The summed E-state index contributed by atoms with van der Waals surface area (Å²) in [6.45, 7) is 4.11. The van der Waals surface area contributed by atoms with Gasteiger partial charge in [-0.1, -0.05) is 0 Å². The summed E-state index contributed by atoms with van der Waals surface area (Å²) in [7, 11) is 2.11. The molecule has 1 aliphatic heterocycles. The highest BCUT2D eigenvalue weighted by Gasteiger charge is 2.17. The quantitative estimate of drug-likeness (QED) is 0.404. The Kier molecular flexibility index (Phi) is 3.35. The predicted molar refractivity (Wildman–Crippen MR) is 49.1 cm³/mol. The summed E-state index contributed by atoms with van der Waals surface area (Å²) >= 11 is 2.03. The van der Waals surface area contributed by atoms with Crippen molar-refractivity contribution in [1.29, 1.82) is 0 Å². The molecule has 0 spiro atoms. The third-order valence-electron chi connectivity index (χ3n) is 1.84. The molecule has 0 amide bonds. The second-order valence-corrected chi connectivity index (χ2v) is 3.76. The lowest BCUT2D eigenvalue weighted by Gasteiger charge is -2.33. The Hall–Kier alpha value is 0.610. The van der Waals surface area contributed by atoms with Gasteiger partial charge in [0.05, 0.1) is 0 Å². The molecule has 0 aromatic rings. The molecule has 60 valence electrons. The van der Waals surface area contributed by atoms with Crippen LogP contribution in [0.3, 0.4) is 0 Å². The van der Waals surface area contributed by atoms with Gasteiger partial charge in [-0.3, -0.25) is 4.90 Å². The van der Waals surface area contributed by atoms with Crippen molar-refractivity contribution in [2.45, 2.75) is 4.23 Å². The van der Waals surface area contributed by atoms with Crippen molar-refractivity contribution in [1.82, 2.24) is 9.80 Å². The number of aliphatic hydroxyl groups is 1. The summed E-state index contributed by atoms with van der Waals surface area (Å²) in [5.74, 6) is 0. The summed E-state index contributed by atoms with van der Waals surface area (Å²) in [4.78, 5) is 4.34. The first-order valence-corrected chi connectivity index (χ1v) is 4.69. The highest BCUT2D eigenvalue weighted by Crippen LogP contribution is 2.07. The molecule has 4 heteroatoms. The summed E-state index contributed by atoms with van der Waals surface area (Å²) < 4.78 is -0.300. The minimum absolute atomic E-state index is 0.300. The molecule has 0 saturated carbocycles. The molecule has 0 aliphatic carbocycles. The number of nitrogens with zero attached hydrogens (tertiary/aromatic N) is 2. The Morgan fingerprint density at radius 3 is 2.20 bits per heavy atom. The lowest BCUT2D eigenvalue weighted by atomic mass is 10.3. The van der Waals surface area contributed by atoms with Crippen LogP contribution in [0.1, 0.15) is 0 Å². The van der Waals surface area contributed by atoms with Gasteiger partial charge in [-0.05, 0) is 29.6 Å². The van der Waals surface area contributed by atoms with Gasteiger partial charge in [0.1, 0.15) is 0 Å². The first kappa shape index (κ1) is 8.70. The molecular weight excluding hydrogens is 243 g/mol. The van der Waals surface area contributed by atoms with Crippen molar-refractivity contribution in [3.63, 3.8) is 0 Å². The topological polar surface area (TPSA) is 26.7 Å². The van der Waals surface area contributed by atoms with Crippen LogP contribution in [0.15, 0.2) is 0 Å². The fourth-order valence-electron chi connectivity index (χ4n) is 1.03. The van der Waals surface area contributed by atoms with E-state index in [1.807, 2.05) is 22.6 Å². The van der Waals surface area contributed by atoms with Gasteiger partial charge < -0.3 is 10.0 Å². The molecule has 1 N–H and O–H groups in total. The molecule has 1 fully saturated rings. The average Bonchev–Trinajstić information content (AvgIpc) is 1.88. The molecule has 0 bridgehead atoms. The second-order valence-electron chi connectivity index (χ2n) is 2.65. The van der Waals surface area contributed by atoms with Gasteiger partial charge in [0.2, 0.25) is 0 Å². The fraction of sp³-hybridized carbons (Fsp3) is 1.00. The molecule has 0 radical (unpaired) electrons. The van der Waals surface area contributed by atoms with Crippen LogP contribution in [0.5, 0.6) is 0 Å². The van der Waals surface area contributed by atoms with Crippen LogP contribution in [-0.4, -0.2) is 52.4 Å². The lowest BCUT2D eigenvalue weighted by molar-refractivity contribution is 0.0493. The number of rotatable bonds is 1. The zero-order valence-electron chi connectivity index (χ0n) is 6.13. The van der Waals surface area contributed by atoms with Crippen molar-refractivity contribution in [3.8, 4) is 0 Å². The minimum Gasteiger partial charge on any atom is -0.369 e. The first-order valence-electron chi connectivity index (χ1n) is 3.45. The smallest absolute Gasteiger partial charge is 0.160 e. The highest BCUT2D eigenvalue weighted by molar-refractivity contribution is 14.1. The van der Waals surface area contributed by atoms with Crippen LogP contribution < -0.4 is 0 Å². The molecule has 1 rings (SSSR count). The molecular formula is C6H13IN2O. The van der Waals surface area contributed by atoms with E-state index in [0.717, 1.165) is 26.2 Å². The highest BCUT2D eigenvalue weighted by atomic mass is 127. The Morgan fingerprint density at radius 2 is 1.80 bits per heavy atom. The first-order chi connectivity index (χ1) is 4.70. The van der Waals surface area contributed by atoms with Crippen LogP contribution >= 0.6 is 22.6 Å². The molecule has 1 heterocycles. The van der Waals surface area contributed by atoms with Gasteiger partial charge in [-0.2, -0.15) is 0 Å². The fourth-order valence-corrected chi connectivity index (χ4v) is 1.59. The van der Waals surface area contributed by atoms with E-state index in [4.69, 9.17) is 5.11 Å². The van der Waals surface area contributed by atoms with E-state index in [1.54, 1.807) is 0 Å². The van der Waals surface area contributed by atoms with Crippen molar-refractivity contribution in [3.05, 3.63) is 0 Å². The van der Waals surface area contributed by atoms with Crippen molar-refractivity contribution in [2.24, 2.45) is 0 Å². The summed E-state index contributed by atoms with van der Waals surface area (Å²) in [5.41, 5.74) is 0. The normalized spacial score (nSPS) is 26.7. The number of likely N-dealkylation sites (N-methyl/N-ethyl adjacent to an activating group) is 1. The van der Waals surface area contributed by atoms with E-state index >= 15 is 0 Å². The molecule has 1 aliphatic rings. The number of aliphatic hydroxyl groups excluding tert-OH is 1. The summed E-state index contributed by atoms with van der Waals surface area (Å²) in [5, 5.41) is 9.16. The van der Waals surface area contributed by atoms with Crippen LogP contribution in [0.2, 0.25) is 0 Å². The van der Waals surface area contributed by atoms with E-state index in [9.17, 15) is 0 Å². The van der Waals surface area contributed by atoms with E-state index in [2.05, 4.69) is 16.8 Å². The maximum absolute atomic E-state index is 9.16. The van der Waals surface area contributed by atoms with Crippen LogP contribution in [0.4, 0.5) is 0 Å². The number of piperazine rings is 1. The Morgan fingerprint density at radius 1 is 1.30 bits per heavy atom. The SMILES string of the molecule is CN1CCN(C(O)I)CC1. The summed E-state index contributed by atoms with van der Waals surface area (Å²) in [6.07, 6.45) is 0. The van der Waals surface area contributed by atoms with Crippen LogP contribution in [0.25, 0.3) is 0 Å². The van der Waals surface area contributed by atoms with Gasteiger partial charge >= 0.3 is 0 Å². The van der Waals surface area contributed by atoms with E-state index in [-0.39, 0.29) is 4.23 Å². The molecule has 10 heavy (non-hydrogen) atoms. The molecule has 0 aromatic carbocycles. The zero-order chi connectivity index (χ0) is 7.56. The summed E-state index contributed by atoms with van der Waals surface area (Å²) in [6, 6.07) is 0. The van der Waals surface area contributed by atoms with Gasteiger partial charge in [-0.15, -0.1) is 0 Å². The monoisotopic (exact) mass is 256 g/mol. The standard InChI is InChI=1S/C6H13IN2O/c1-8-2-4-9(5-3-8)6(7)10/h6,10H,2-5H2,1H3. The average molecular weight is 256 g/mol. The largest absolute Gasteiger partial charge is 0.369 e. The third-order valence-corrected chi connectivity index (χ3v) is 2.63. The Labute approximate surface area is 75.1 Å². The molecule has 1 unspecified atom stereocenters. The van der Waals surface area contributed by atoms with Gasteiger partial charge in [0.25, 0.3) is 0 Å². The van der Waals surface area contributed by atoms with Gasteiger partial charge in [0, 0.05) is 26.2 Å². The molecule has 1 atom stereocenters.